The number of hydrogen-bond donors (Lipinski definition) is 1. The number of rotatable bonds is 3. The fourth-order valence-electron chi connectivity index (χ4n) is 1.98. The zero-order valence-electron chi connectivity index (χ0n) is 9.46. The molecule has 0 saturated heterocycles. The molecule has 0 aliphatic carbocycles. The van der Waals surface area contributed by atoms with Crippen LogP contribution in [0.4, 0.5) is 0 Å². The Morgan fingerprint density at radius 1 is 1.41 bits per heavy atom. The normalized spacial score (nSPS) is 13.5. The standard InChI is InChI=1S/C12H13ClO4/c1-2-8-7(6-10(14)15)5-9(13)12-11(8)16-3-4-17-12/h5H,2-4,6H2,1H3,(H,14,15). The molecule has 0 saturated carbocycles. The Morgan fingerprint density at radius 2 is 2.06 bits per heavy atom. The molecule has 1 N–H and O–H groups in total. The molecule has 0 radical (unpaired) electrons. The van der Waals surface area contributed by atoms with Crippen LogP contribution in [0.1, 0.15) is 18.1 Å². The molecule has 1 aromatic rings. The molecule has 0 aromatic heterocycles. The van der Waals surface area contributed by atoms with Gasteiger partial charge in [0, 0.05) is 5.56 Å². The van der Waals surface area contributed by atoms with E-state index in [0.29, 0.717) is 41.7 Å². The summed E-state index contributed by atoms with van der Waals surface area (Å²) in [6.45, 7) is 2.88. The van der Waals surface area contributed by atoms with Crippen molar-refractivity contribution in [3.05, 3.63) is 22.2 Å². The summed E-state index contributed by atoms with van der Waals surface area (Å²) < 4.78 is 11.0. The van der Waals surface area contributed by atoms with Gasteiger partial charge >= 0.3 is 5.97 Å². The highest BCUT2D eigenvalue weighted by Crippen LogP contribution is 2.42. The molecule has 0 spiro atoms. The van der Waals surface area contributed by atoms with Gasteiger partial charge in [0.05, 0.1) is 11.4 Å². The van der Waals surface area contributed by atoms with Gasteiger partial charge in [0.25, 0.3) is 0 Å². The SMILES string of the molecule is CCc1c(CC(=O)O)cc(Cl)c2c1OCCO2. The smallest absolute Gasteiger partial charge is 0.307 e. The minimum Gasteiger partial charge on any atom is -0.486 e. The topological polar surface area (TPSA) is 55.8 Å². The molecule has 0 atom stereocenters. The van der Waals surface area contributed by atoms with Crippen LogP contribution in [0, 0.1) is 0 Å². The van der Waals surface area contributed by atoms with Gasteiger partial charge in [-0.3, -0.25) is 4.79 Å². The van der Waals surface area contributed by atoms with Gasteiger partial charge in [-0.2, -0.15) is 0 Å². The number of benzene rings is 1. The number of aliphatic carboxylic acids is 1. The fourth-order valence-corrected chi connectivity index (χ4v) is 2.25. The summed E-state index contributed by atoms with van der Waals surface area (Å²) in [5.74, 6) is 0.249. The molecule has 0 unspecified atom stereocenters. The lowest BCUT2D eigenvalue weighted by Crippen LogP contribution is -2.18. The number of carbonyl (C=O) groups is 1. The number of fused-ring (bicyclic) bond motifs is 1. The molecule has 4 nitrogen and oxygen atoms in total. The van der Waals surface area contributed by atoms with Crippen molar-refractivity contribution >= 4 is 17.6 Å². The summed E-state index contributed by atoms with van der Waals surface area (Å²) in [7, 11) is 0. The summed E-state index contributed by atoms with van der Waals surface area (Å²) in [5.41, 5.74) is 1.56. The van der Waals surface area contributed by atoms with Gasteiger partial charge in [0.2, 0.25) is 0 Å². The first-order valence-corrected chi connectivity index (χ1v) is 5.83. The van der Waals surface area contributed by atoms with Crippen LogP contribution in [0.3, 0.4) is 0 Å². The second kappa shape index (κ2) is 4.84. The van der Waals surface area contributed by atoms with Crippen LogP contribution in [0.15, 0.2) is 6.07 Å². The zero-order valence-corrected chi connectivity index (χ0v) is 10.2. The van der Waals surface area contributed by atoms with E-state index in [-0.39, 0.29) is 6.42 Å². The molecule has 0 amide bonds. The average Bonchev–Trinajstić information content (AvgIpc) is 2.29. The van der Waals surface area contributed by atoms with Crippen LogP contribution in [0.25, 0.3) is 0 Å². The molecule has 1 aromatic carbocycles. The number of hydrogen-bond acceptors (Lipinski definition) is 3. The highest BCUT2D eigenvalue weighted by atomic mass is 35.5. The predicted octanol–water partition coefficient (Wildman–Crippen LogP) is 2.30. The lowest BCUT2D eigenvalue weighted by Gasteiger charge is -2.23. The maximum Gasteiger partial charge on any atom is 0.307 e. The van der Waals surface area contributed by atoms with Crippen molar-refractivity contribution in [2.45, 2.75) is 19.8 Å². The van der Waals surface area contributed by atoms with Crippen LogP contribution in [0.2, 0.25) is 5.02 Å². The molecule has 1 aliphatic heterocycles. The molecule has 1 heterocycles. The summed E-state index contributed by atoms with van der Waals surface area (Å²) in [5, 5.41) is 9.28. The van der Waals surface area contributed by atoms with Crippen LogP contribution < -0.4 is 9.47 Å². The molecule has 1 aliphatic rings. The quantitative estimate of drug-likeness (QED) is 0.902. The molecule has 5 heteroatoms. The van der Waals surface area contributed by atoms with E-state index < -0.39 is 5.97 Å². The van der Waals surface area contributed by atoms with Crippen molar-refractivity contribution in [3.8, 4) is 11.5 Å². The Balaban J connectivity index is 2.53. The first kappa shape index (κ1) is 12.0. The molecular weight excluding hydrogens is 244 g/mol. The van der Waals surface area contributed by atoms with Gasteiger partial charge in [-0.05, 0) is 18.1 Å². The van der Waals surface area contributed by atoms with Gasteiger partial charge in [-0.1, -0.05) is 18.5 Å². The number of halogens is 1. The molecule has 0 fully saturated rings. The Bertz CT molecular complexity index is 456. The Kier molecular flexibility index (Phi) is 3.43. The number of ether oxygens (including phenoxy) is 2. The monoisotopic (exact) mass is 256 g/mol. The third-order valence-corrected chi connectivity index (χ3v) is 2.94. The summed E-state index contributed by atoms with van der Waals surface area (Å²) in [6, 6.07) is 1.65. The van der Waals surface area contributed by atoms with E-state index in [1.54, 1.807) is 6.07 Å². The number of carboxylic acids is 1. The highest BCUT2D eigenvalue weighted by molar-refractivity contribution is 6.32. The van der Waals surface area contributed by atoms with Crippen LogP contribution in [0.5, 0.6) is 11.5 Å². The van der Waals surface area contributed by atoms with Crippen molar-refractivity contribution in [2.75, 3.05) is 13.2 Å². The number of carboxylic acid groups (broad SMARTS) is 1. The van der Waals surface area contributed by atoms with E-state index in [9.17, 15) is 4.79 Å². The molecule has 92 valence electrons. The minimum absolute atomic E-state index is 0.0560. The van der Waals surface area contributed by atoms with Crippen molar-refractivity contribution < 1.29 is 19.4 Å². The van der Waals surface area contributed by atoms with Crippen molar-refractivity contribution in [1.29, 1.82) is 0 Å². The Hall–Kier alpha value is -1.42. The second-order valence-electron chi connectivity index (χ2n) is 3.78. The first-order chi connectivity index (χ1) is 8.13. The van der Waals surface area contributed by atoms with E-state index in [1.165, 1.54) is 0 Å². The minimum atomic E-state index is -0.882. The fraction of sp³-hybridized carbons (Fsp3) is 0.417. The van der Waals surface area contributed by atoms with Crippen molar-refractivity contribution in [2.24, 2.45) is 0 Å². The lowest BCUT2D eigenvalue weighted by molar-refractivity contribution is -0.136. The van der Waals surface area contributed by atoms with Crippen LogP contribution >= 0.6 is 11.6 Å². The maximum absolute atomic E-state index is 10.8. The van der Waals surface area contributed by atoms with E-state index in [4.69, 9.17) is 26.2 Å². The first-order valence-electron chi connectivity index (χ1n) is 5.45. The largest absolute Gasteiger partial charge is 0.486 e. The molecule has 0 bridgehead atoms. The molecule has 17 heavy (non-hydrogen) atoms. The third-order valence-electron chi connectivity index (χ3n) is 2.66. The van der Waals surface area contributed by atoms with E-state index >= 15 is 0 Å². The van der Waals surface area contributed by atoms with Crippen molar-refractivity contribution in [3.63, 3.8) is 0 Å². The van der Waals surface area contributed by atoms with Gasteiger partial charge in [0.15, 0.2) is 11.5 Å². The third kappa shape index (κ3) is 2.31. The van der Waals surface area contributed by atoms with E-state index in [0.717, 1.165) is 5.56 Å². The van der Waals surface area contributed by atoms with E-state index in [1.807, 2.05) is 6.92 Å². The average molecular weight is 257 g/mol. The van der Waals surface area contributed by atoms with Crippen LogP contribution in [-0.2, 0) is 17.6 Å². The Morgan fingerprint density at radius 3 is 2.65 bits per heavy atom. The van der Waals surface area contributed by atoms with Crippen LogP contribution in [-0.4, -0.2) is 24.3 Å². The molecule has 2 rings (SSSR count). The summed E-state index contributed by atoms with van der Waals surface area (Å²) >= 11 is 6.06. The second-order valence-corrected chi connectivity index (χ2v) is 4.18. The Labute approximate surface area is 104 Å². The van der Waals surface area contributed by atoms with Gasteiger partial charge in [-0.25, -0.2) is 0 Å². The van der Waals surface area contributed by atoms with E-state index in [2.05, 4.69) is 0 Å². The van der Waals surface area contributed by atoms with Crippen molar-refractivity contribution in [1.82, 2.24) is 0 Å². The van der Waals surface area contributed by atoms with Gasteiger partial charge < -0.3 is 14.6 Å². The summed E-state index contributed by atoms with van der Waals surface area (Å²) in [4.78, 5) is 10.8. The highest BCUT2D eigenvalue weighted by Gasteiger charge is 2.22. The maximum atomic E-state index is 10.8. The van der Waals surface area contributed by atoms with Gasteiger partial charge in [-0.15, -0.1) is 0 Å². The lowest BCUT2D eigenvalue weighted by atomic mass is 10.0. The predicted molar refractivity (Wildman–Crippen MR) is 63.2 cm³/mol. The molecular formula is C12H13ClO4. The van der Waals surface area contributed by atoms with Gasteiger partial charge in [0.1, 0.15) is 13.2 Å². The summed E-state index contributed by atoms with van der Waals surface area (Å²) in [6.07, 6.45) is 0.630. The zero-order chi connectivity index (χ0) is 12.4.